The van der Waals surface area contributed by atoms with Crippen molar-refractivity contribution in [2.75, 3.05) is 11.9 Å². The van der Waals surface area contributed by atoms with Crippen LogP contribution in [0.1, 0.15) is 19.4 Å². The number of benzene rings is 1. The van der Waals surface area contributed by atoms with Crippen LogP contribution in [0.15, 0.2) is 18.2 Å². The lowest BCUT2D eigenvalue weighted by Gasteiger charge is -2.33. The summed E-state index contributed by atoms with van der Waals surface area (Å²) in [5, 5.41) is 4.15. The van der Waals surface area contributed by atoms with E-state index in [1.807, 2.05) is 32.0 Å². The van der Waals surface area contributed by atoms with Gasteiger partial charge in [0.25, 0.3) is 0 Å². The van der Waals surface area contributed by atoms with Gasteiger partial charge in [-0.25, -0.2) is 0 Å². The number of ether oxygens (including phenoxy) is 2. The van der Waals surface area contributed by atoms with Gasteiger partial charge in [-0.1, -0.05) is 15.9 Å². The Hall–Kier alpha value is -0.740. The molecule has 0 saturated carbocycles. The van der Waals surface area contributed by atoms with Gasteiger partial charge in [-0.2, -0.15) is 0 Å². The van der Waals surface area contributed by atoms with E-state index in [2.05, 4.69) is 21.2 Å². The summed E-state index contributed by atoms with van der Waals surface area (Å²) in [7, 11) is 0. The van der Waals surface area contributed by atoms with E-state index in [-0.39, 0.29) is 5.72 Å². The van der Waals surface area contributed by atoms with Gasteiger partial charge in [-0.3, -0.25) is 5.32 Å². The highest BCUT2D eigenvalue weighted by molar-refractivity contribution is 9.09. The molecule has 0 bridgehead atoms. The number of hydrogen-bond acceptors (Lipinski definition) is 3. The highest BCUT2D eigenvalue weighted by Gasteiger charge is 2.25. The maximum atomic E-state index is 5.80. The van der Waals surface area contributed by atoms with E-state index in [1.54, 1.807) is 0 Å². The topological polar surface area (TPSA) is 30.5 Å². The van der Waals surface area contributed by atoms with Crippen molar-refractivity contribution in [1.29, 1.82) is 0 Å². The summed E-state index contributed by atoms with van der Waals surface area (Å²) in [6, 6.07) is 5.95. The van der Waals surface area contributed by atoms with Gasteiger partial charge in [-0.15, -0.1) is 0 Å². The molecule has 88 valence electrons. The fourth-order valence-electron chi connectivity index (χ4n) is 1.66. The number of rotatable bonds is 3. The third-order valence-corrected chi connectivity index (χ3v) is 2.77. The fraction of sp³-hybridized carbons (Fsp3) is 0.500. The molecule has 1 aromatic carbocycles. The van der Waals surface area contributed by atoms with Crippen molar-refractivity contribution in [3.8, 4) is 11.5 Å². The first kappa shape index (κ1) is 11.7. The minimum Gasteiger partial charge on any atom is -0.493 e. The number of halogens is 1. The Morgan fingerprint density at radius 3 is 3.06 bits per heavy atom. The monoisotopic (exact) mass is 285 g/mol. The predicted octanol–water partition coefficient (Wildman–Crippen LogP) is 2.68. The van der Waals surface area contributed by atoms with Gasteiger partial charge in [-0.05, 0) is 32.0 Å². The first-order valence-electron chi connectivity index (χ1n) is 5.36. The minimum atomic E-state index is -0.286. The molecule has 1 aromatic rings. The summed E-state index contributed by atoms with van der Waals surface area (Å²) in [5.74, 6) is 1.83. The molecule has 16 heavy (non-hydrogen) atoms. The third-order valence-electron chi connectivity index (χ3n) is 2.45. The molecule has 1 aliphatic rings. The highest BCUT2D eigenvalue weighted by atomic mass is 79.9. The van der Waals surface area contributed by atoms with Crippen LogP contribution in [0.4, 0.5) is 0 Å². The van der Waals surface area contributed by atoms with Gasteiger partial charge in [0.15, 0.2) is 5.72 Å². The Bertz CT molecular complexity index is 379. The van der Waals surface area contributed by atoms with Gasteiger partial charge in [0.2, 0.25) is 0 Å². The quantitative estimate of drug-likeness (QED) is 0.867. The highest BCUT2D eigenvalue weighted by Crippen LogP contribution is 2.30. The molecule has 0 saturated heterocycles. The molecule has 0 atom stereocenters. The van der Waals surface area contributed by atoms with Gasteiger partial charge in [0, 0.05) is 17.4 Å². The van der Waals surface area contributed by atoms with Crippen molar-refractivity contribution in [2.24, 2.45) is 0 Å². The van der Waals surface area contributed by atoms with Crippen molar-refractivity contribution in [2.45, 2.75) is 26.1 Å². The van der Waals surface area contributed by atoms with Gasteiger partial charge in [0.1, 0.15) is 11.5 Å². The van der Waals surface area contributed by atoms with E-state index in [1.165, 1.54) is 0 Å². The smallest absolute Gasteiger partial charge is 0.155 e. The van der Waals surface area contributed by atoms with Crippen LogP contribution in [-0.2, 0) is 6.54 Å². The maximum absolute atomic E-state index is 5.80. The van der Waals surface area contributed by atoms with Crippen molar-refractivity contribution in [3.05, 3.63) is 23.8 Å². The van der Waals surface area contributed by atoms with Crippen LogP contribution in [0.3, 0.4) is 0 Å². The fourth-order valence-corrected chi connectivity index (χ4v) is 1.82. The Kier molecular flexibility index (Phi) is 3.40. The van der Waals surface area contributed by atoms with E-state index in [9.17, 15) is 0 Å². The summed E-state index contributed by atoms with van der Waals surface area (Å²) >= 11 is 3.33. The molecule has 1 heterocycles. The first-order chi connectivity index (χ1) is 7.61. The molecule has 4 heteroatoms. The van der Waals surface area contributed by atoms with Gasteiger partial charge < -0.3 is 9.47 Å². The third kappa shape index (κ3) is 2.68. The number of nitrogens with one attached hydrogen (secondary N) is 1. The Labute approximate surface area is 104 Å². The Balaban J connectivity index is 2.15. The summed E-state index contributed by atoms with van der Waals surface area (Å²) < 4.78 is 11.3. The largest absolute Gasteiger partial charge is 0.493 e. The zero-order valence-electron chi connectivity index (χ0n) is 9.55. The van der Waals surface area contributed by atoms with Crippen LogP contribution in [0.25, 0.3) is 0 Å². The summed E-state index contributed by atoms with van der Waals surface area (Å²) in [6.07, 6.45) is 0. The van der Waals surface area contributed by atoms with E-state index in [4.69, 9.17) is 9.47 Å². The number of hydrogen-bond donors (Lipinski definition) is 1. The second-order valence-electron chi connectivity index (χ2n) is 4.27. The second-order valence-corrected chi connectivity index (χ2v) is 5.07. The van der Waals surface area contributed by atoms with Crippen LogP contribution >= 0.6 is 15.9 Å². The molecular weight excluding hydrogens is 270 g/mol. The van der Waals surface area contributed by atoms with Crippen molar-refractivity contribution in [1.82, 2.24) is 5.32 Å². The standard InChI is InChI=1S/C12H16BrNO2/c1-12(2)14-8-9-7-10(15-6-5-13)3-4-11(9)16-12/h3-4,7,14H,5-6,8H2,1-2H3. The van der Waals surface area contributed by atoms with E-state index >= 15 is 0 Å². The lowest BCUT2D eigenvalue weighted by Crippen LogP contribution is -2.47. The van der Waals surface area contributed by atoms with E-state index in [0.29, 0.717) is 6.61 Å². The van der Waals surface area contributed by atoms with Gasteiger partial charge in [0.05, 0.1) is 6.61 Å². The van der Waals surface area contributed by atoms with Crippen molar-refractivity contribution >= 4 is 15.9 Å². The van der Waals surface area contributed by atoms with Crippen molar-refractivity contribution in [3.63, 3.8) is 0 Å². The van der Waals surface area contributed by atoms with E-state index < -0.39 is 0 Å². The van der Waals surface area contributed by atoms with Crippen LogP contribution in [0.2, 0.25) is 0 Å². The molecule has 1 aliphatic heterocycles. The minimum absolute atomic E-state index is 0.286. The van der Waals surface area contributed by atoms with Gasteiger partial charge >= 0.3 is 0 Å². The molecule has 2 rings (SSSR count). The zero-order chi connectivity index (χ0) is 11.6. The van der Waals surface area contributed by atoms with Crippen LogP contribution in [0.5, 0.6) is 11.5 Å². The number of alkyl halides is 1. The van der Waals surface area contributed by atoms with Crippen LogP contribution in [-0.4, -0.2) is 17.7 Å². The molecule has 0 spiro atoms. The molecule has 1 N–H and O–H groups in total. The molecule has 0 aliphatic carbocycles. The summed E-state index contributed by atoms with van der Waals surface area (Å²) in [4.78, 5) is 0. The normalized spacial score (nSPS) is 17.4. The van der Waals surface area contributed by atoms with Crippen LogP contribution < -0.4 is 14.8 Å². The molecule has 3 nitrogen and oxygen atoms in total. The van der Waals surface area contributed by atoms with E-state index in [0.717, 1.165) is 28.9 Å². The second kappa shape index (κ2) is 4.63. The Morgan fingerprint density at radius 2 is 2.31 bits per heavy atom. The molecule has 0 unspecified atom stereocenters. The Morgan fingerprint density at radius 1 is 1.50 bits per heavy atom. The van der Waals surface area contributed by atoms with Crippen molar-refractivity contribution < 1.29 is 9.47 Å². The SMILES string of the molecule is CC1(C)NCc2cc(OCCBr)ccc2O1. The molecule has 0 amide bonds. The van der Waals surface area contributed by atoms with Crippen LogP contribution in [0, 0.1) is 0 Å². The summed E-state index contributed by atoms with van der Waals surface area (Å²) in [5.41, 5.74) is 0.858. The number of fused-ring (bicyclic) bond motifs is 1. The lowest BCUT2D eigenvalue weighted by atomic mass is 10.1. The lowest BCUT2D eigenvalue weighted by molar-refractivity contribution is 0.0529. The molecule has 0 fully saturated rings. The predicted molar refractivity (Wildman–Crippen MR) is 67.3 cm³/mol. The first-order valence-corrected chi connectivity index (χ1v) is 6.48. The molecule has 0 aromatic heterocycles. The average molecular weight is 286 g/mol. The molecular formula is C12H16BrNO2. The average Bonchev–Trinajstić information content (AvgIpc) is 2.25. The summed E-state index contributed by atoms with van der Waals surface area (Å²) in [6.45, 7) is 5.53. The zero-order valence-corrected chi connectivity index (χ0v) is 11.1. The maximum Gasteiger partial charge on any atom is 0.155 e. The molecule has 0 radical (unpaired) electrons.